The molecule has 1 saturated heterocycles. The van der Waals surface area contributed by atoms with Crippen molar-refractivity contribution in [3.05, 3.63) is 101 Å². The Kier molecular flexibility index (Phi) is 6.73. The Bertz CT molecular complexity index is 1120. The minimum atomic E-state index is -0.393. The fraction of sp³-hybridized carbons (Fsp3) is 0.259. The molecule has 1 fully saturated rings. The molecule has 0 radical (unpaired) electrons. The molecule has 2 unspecified atom stereocenters. The molecular weight excluding hydrogens is 419 g/mol. The third kappa shape index (κ3) is 5.06. The number of halogens is 1. The van der Waals surface area contributed by atoms with Crippen LogP contribution in [0.2, 0.25) is 0 Å². The molecule has 0 aliphatic carbocycles. The van der Waals surface area contributed by atoms with Gasteiger partial charge in [-0.05, 0) is 47.5 Å². The number of methoxy groups -OCH3 is 1. The molecule has 0 N–H and O–H groups in total. The molecule has 1 aliphatic heterocycles. The number of ether oxygens (including phenoxy) is 1. The molecule has 0 aromatic heterocycles. The summed E-state index contributed by atoms with van der Waals surface area (Å²) in [7, 11) is 3.40. The average Bonchev–Trinajstić information content (AvgIpc) is 3.30. The lowest BCUT2D eigenvalue weighted by Crippen LogP contribution is -2.36. The van der Waals surface area contributed by atoms with Crippen LogP contribution in [-0.4, -0.2) is 48.9 Å². The molecule has 170 valence electrons. The van der Waals surface area contributed by atoms with Gasteiger partial charge >= 0.3 is 0 Å². The maximum Gasteiger partial charge on any atom is 0.253 e. The van der Waals surface area contributed by atoms with E-state index in [-0.39, 0.29) is 17.7 Å². The fourth-order valence-electron chi connectivity index (χ4n) is 4.42. The highest BCUT2D eigenvalue weighted by Crippen LogP contribution is 2.36. The Morgan fingerprint density at radius 1 is 1.00 bits per heavy atom. The van der Waals surface area contributed by atoms with E-state index in [2.05, 4.69) is 0 Å². The van der Waals surface area contributed by atoms with Crippen molar-refractivity contribution >= 4 is 11.8 Å². The lowest BCUT2D eigenvalue weighted by molar-refractivity contribution is -0.134. The summed E-state index contributed by atoms with van der Waals surface area (Å²) in [5.41, 5.74) is 2.41. The van der Waals surface area contributed by atoms with Gasteiger partial charge in [0.15, 0.2) is 0 Å². The van der Waals surface area contributed by atoms with E-state index >= 15 is 0 Å². The number of nitrogens with zero attached hydrogens (tertiary/aromatic N) is 2. The van der Waals surface area contributed by atoms with E-state index < -0.39 is 11.7 Å². The molecule has 4 rings (SSSR count). The summed E-state index contributed by atoms with van der Waals surface area (Å²) in [6.45, 7) is 1.20. The molecule has 6 heteroatoms. The molecular formula is C27H27FN2O3. The summed E-state index contributed by atoms with van der Waals surface area (Å²) >= 11 is 0. The van der Waals surface area contributed by atoms with E-state index in [1.807, 2.05) is 54.6 Å². The van der Waals surface area contributed by atoms with E-state index in [1.165, 1.54) is 24.3 Å². The molecule has 0 bridgehead atoms. The number of hydrogen-bond acceptors (Lipinski definition) is 3. The van der Waals surface area contributed by atoms with Crippen LogP contribution < -0.4 is 4.74 Å². The highest BCUT2D eigenvalue weighted by atomic mass is 19.1. The molecule has 2 atom stereocenters. The normalized spacial score (nSPS) is 17.6. The van der Waals surface area contributed by atoms with Crippen LogP contribution in [0.1, 0.15) is 27.4 Å². The van der Waals surface area contributed by atoms with Crippen molar-refractivity contribution in [2.24, 2.45) is 5.92 Å². The third-order valence-electron chi connectivity index (χ3n) is 6.18. The summed E-state index contributed by atoms with van der Waals surface area (Å²) in [5, 5.41) is 0. The SMILES string of the molecule is COc1cccc(C2CN(C(=O)c3ccc(F)cc3)CC2C(=O)N(C)Cc2ccccc2)c1. The lowest BCUT2D eigenvalue weighted by atomic mass is 9.88. The largest absolute Gasteiger partial charge is 0.497 e. The number of carbonyl (C=O) groups is 2. The van der Waals surface area contributed by atoms with Gasteiger partial charge in [0.05, 0.1) is 13.0 Å². The zero-order valence-electron chi connectivity index (χ0n) is 18.8. The molecule has 1 heterocycles. The van der Waals surface area contributed by atoms with Gasteiger partial charge in [-0.3, -0.25) is 9.59 Å². The van der Waals surface area contributed by atoms with Gasteiger partial charge in [0.1, 0.15) is 11.6 Å². The number of carbonyl (C=O) groups excluding carboxylic acids is 2. The Balaban J connectivity index is 1.60. The van der Waals surface area contributed by atoms with Crippen molar-refractivity contribution in [2.45, 2.75) is 12.5 Å². The zero-order valence-corrected chi connectivity index (χ0v) is 18.8. The van der Waals surface area contributed by atoms with E-state index in [0.717, 1.165) is 11.1 Å². The van der Waals surface area contributed by atoms with Crippen molar-refractivity contribution in [3.63, 3.8) is 0 Å². The smallest absolute Gasteiger partial charge is 0.253 e. The first-order chi connectivity index (χ1) is 16.0. The van der Waals surface area contributed by atoms with Gasteiger partial charge in [-0.2, -0.15) is 0 Å². The molecule has 2 amide bonds. The maximum atomic E-state index is 13.5. The summed E-state index contributed by atoms with van der Waals surface area (Å²) in [6.07, 6.45) is 0. The van der Waals surface area contributed by atoms with Crippen LogP contribution in [0.25, 0.3) is 0 Å². The number of likely N-dealkylation sites (tertiary alicyclic amines) is 1. The molecule has 3 aromatic carbocycles. The van der Waals surface area contributed by atoms with Gasteiger partial charge in [-0.1, -0.05) is 42.5 Å². The molecule has 5 nitrogen and oxygen atoms in total. The summed E-state index contributed by atoms with van der Waals surface area (Å²) in [5.74, 6) is -0.465. The summed E-state index contributed by atoms with van der Waals surface area (Å²) in [6, 6.07) is 23.0. The number of rotatable bonds is 6. The second-order valence-electron chi connectivity index (χ2n) is 8.39. The zero-order chi connectivity index (χ0) is 23.4. The fourth-order valence-corrected chi connectivity index (χ4v) is 4.42. The number of benzene rings is 3. The number of amides is 2. The van der Waals surface area contributed by atoms with Gasteiger partial charge < -0.3 is 14.5 Å². The monoisotopic (exact) mass is 446 g/mol. The molecule has 33 heavy (non-hydrogen) atoms. The minimum absolute atomic E-state index is 0.0129. The van der Waals surface area contributed by atoms with Crippen molar-refractivity contribution < 1.29 is 18.7 Å². The predicted octanol–water partition coefficient (Wildman–Crippen LogP) is 4.35. The minimum Gasteiger partial charge on any atom is -0.497 e. The second kappa shape index (κ2) is 9.86. The molecule has 1 aliphatic rings. The average molecular weight is 447 g/mol. The second-order valence-corrected chi connectivity index (χ2v) is 8.39. The Morgan fingerprint density at radius 2 is 1.73 bits per heavy atom. The Labute approximate surface area is 193 Å². The van der Waals surface area contributed by atoms with E-state index in [0.29, 0.717) is 30.9 Å². The van der Waals surface area contributed by atoms with Crippen LogP contribution in [0, 0.1) is 11.7 Å². The summed E-state index contributed by atoms with van der Waals surface area (Å²) < 4.78 is 18.7. The van der Waals surface area contributed by atoms with Crippen molar-refractivity contribution in [2.75, 3.05) is 27.2 Å². The van der Waals surface area contributed by atoms with Crippen LogP contribution in [0.5, 0.6) is 5.75 Å². The first-order valence-electron chi connectivity index (χ1n) is 10.9. The highest BCUT2D eigenvalue weighted by Gasteiger charge is 2.41. The lowest BCUT2D eigenvalue weighted by Gasteiger charge is -2.25. The van der Waals surface area contributed by atoms with Crippen LogP contribution in [-0.2, 0) is 11.3 Å². The predicted molar refractivity (Wildman–Crippen MR) is 124 cm³/mol. The third-order valence-corrected chi connectivity index (χ3v) is 6.18. The van der Waals surface area contributed by atoms with Crippen molar-refractivity contribution in [1.82, 2.24) is 9.80 Å². The van der Waals surface area contributed by atoms with E-state index in [9.17, 15) is 14.0 Å². The first kappa shape index (κ1) is 22.5. The van der Waals surface area contributed by atoms with E-state index in [4.69, 9.17) is 4.74 Å². The Hall–Kier alpha value is -3.67. The standard InChI is InChI=1S/C27H27FN2O3/c1-29(16-19-7-4-3-5-8-19)27(32)25-18-30(26(31)20-11-13-22(28)14-12-20)17-24(25)21-9-6-10-23(15-21)33-2/h3-15,24-25H,16-18H2,1-2H3. The molecule has 0 spiro atoms. The van der Waals surface area contributed by atoms with Gasteiger partial charge in [0.2, 0.25) is 5.91 Å². The highest BCUT2D eigenvalue weighted by molar-refractivity contribution is 5.95. The Morgan fingerprint density at radius 3 is 2.42 bits per heavy atom. The van der Waals surface area contributed by atoms with Crippen LogP contribution in [0.15, 0.2) is 78.9 Å². The van der Waals surface area contributed by atoms with Gasteiger partial charge in [0, 0.05) is 38.2 Å². The van der Waals surface area contributed by atoms with E-state index in [1.54, 1.807) is 24.0 Å². The first-order valence-corrected chi connectivity index (χ1v) is 10.9. The molecule has 0 saturated carbocycles. The number of hydrogen-bond donors (Lipinski definition) is 0. The van der Waals surface area contributed by atoms with Crippen LogP contribution in [0.3, 0.4) is 0 Å². The van der Waals surface area contributed by atoms with Crippen LogP contribution >= 0.6 is 0 Å². The van der Waals surface area contributed by atoms with Gasteiger partial charge in [-0.25, -0.2) is 4.39 Å². The van der Waals surface area contributed by atoms with Crippen molar-refractivity contribution in [1.29, 1.82) is 0 Å². The topological polar surface area (TPSA) is 49.9 Å². The van der Waals surface area contributed by atoms with Crippen molar-refractivity contribution in [3.8, 4) is 5.75 Å². The van der Waals surface area contributed by atoms with Crippen LogP contribution in [0.4, 0.5) is 4.39 Å². The van der Waals surface area contributed by atoms with Gasteiger partial charge in [0.25, 0.3) is 5.91 Å². The quantitative estimate of drug-likeness (QED) is 0.566. The maximum absolute atomic E-state index is 13.5. The summed E-state index contributed by atoms with van der Waals surface area (Å²) in [4.78, 5) is 30.1. The van der Waals surface area contributed by atoms with Gasteiger partial charge in [-0.15, -0.1) is 0 Å². The molecule has 3 aromatic rings.